The summed E-state index contributed by atoms with van der Waals surface area (Å²) in [5.41, 5.74) is 0.581. The van der Waals surface area contributed by atoms with Crippen molar-refractivity contribution < 1.29 is 9.53 Å². The average molecular weight is 294 g/mol. The van der Waals surface area contributed by atoms with Gasteiger partial charge in [-0.3, -0.25) is 0 Å². The summed E-state index contributed by atoms with van der Waals surface area (Å²) < 4.78 is 5.26. The maximum atomic E-state index is 11.7. The van der Waals surface area contributed by atoms with Gasteiger partial charge < -0.3 is 4.74 Å². The van der Waals surface area contributed by atoms with Gasteiger partial charge in [-0.15, -0.1) is 12.6 Å². The first kappa shape index (κ1) is 17.1. The molecule has 0 saturated carbocycles. The van der Waals surface area contributed by atoms with Crippen LogP contribution >= 0.6 is 12.6 Å². The first-order valence-corrected chi connectivity index (χ1v) is 8.15. The zero-order chi connectivity index (χ0) is 14.6. The van der Waals surface area contributed by atoms with Gasteiger partial charge in [0.1, 0.15) is 0 Å². The number of unbranched alkanes of at least 4 members (excludes halogenated alkanes) is 7. The van der Waals surface area contributed by atoms with Crippen LogP contribution in [-0.4, -0.2) is 12.6 Å². The molecular formula is C17H26O2S. The van der Waals surface area contributed by atoms with Gasteiger partial charge in [-0.1, -0.05) is 57.9 Å². The molecule has 3 heteroatoms. The van der Waals surface area contributed by atoms with E-state index in [1.54, 1.807) is 12.1 Å². The van der Waals surface area contributed by atoms with Crippen molar-refractivity contribution in [3.8, 4) is 0 Å². The average Bonchev–Trinajstić information content (AvgIpc) is 2.45. The summed E-state index contributed by atoms with van der Waals surface area (Å²) in [4.78, 5) is 12.5. The normalized spacial score (nSPS) is 10.5. The van der Waals surface area contributed by atoms with E-state index in [1.165, 1.54) is 38.5 Å². The summed E-state index contributed by atoms with van der Waals surface area (Å²) in [6, 6.07) is 7.16. The molecule has 1 rings (SSSR count). The van der Waals surface area contributed by atoms with Gasteiger partial charge in [-0.05, 0) is 24.6 Å². The molecule has 0 fully saturated rings. The molecule has 0 unspecified atom stereocenters. The minimum Gasteiger partial charge on any atom is -0.462 e. The van der Waals surface area contributed by atoms with Gasteiger partial charge in [0.25, 0.3) is 0 Å². The lowest BCUT2D eigenvalue weighted by Gasteiger charge is -2.05. The summed E-state index contributed by atoms with van der Waals surface area (Å²) in [7, 11) is 0. The minimum atomic E-state index is -0.246. The van der Waals surface area contributed by atoms with Crippen LogP contribution in [-0.2, 0) is 4.74 Å². The molecule has 0 heterocycles. The van der Waals surface area contributed by atoms with Gasteiger partial charge in [-0.2, -0.15) is 0 Å². The van der Waals surface area contributed by atoms with Crippen LogP contribution in [0.2, 0.25) is 0 Å². The lowest BCUT2D eigenvalue weighted by molar-refractivity contribution is 0.0497. The highest BCUT2D eigenvalue weighted by Gasteiger charge is 2.06. The van der Waals surface area contributed by atoms with Crippen molar-refractivity contribution in [2.75, 3.05) is 6.61 Å². The van der Waals surface area contributed by atoms with Gasteiger partial charge >= 0.3 is 5.97 Å². The molecular weight excluding hydrogens is 268 g/mol. The van der Waals surface area contributed by atoms with Crippen molar-refractivity contribution in [2.45, 2.75) is 63.2 Å². The summed E-state index contributed by atoms with van der Waals surface area (Å²) in [6.45, 7) is 2.75. The van der Waals surface area contributed by atoms with Crippen LogP contribution in [0.15, 0.2) is 29.2 Å². The monoisotopic (exact) mass is 294 g/mol. The molecule has 112 valence electrons. The van der Waals surface area contributed by atoms with E-state index in [0.717, 1.165) is 17.7 Å². The fourth-order valence-electron chi connectivity index (χ4n) is 2.12. The zero-order valence-electron chi connectivity index (χ0n) is 12.4. The van der Waals surface area contributed by atoms with Gasteiger partial charge in [0, 0.05) is 4.90 Å². The fraction of sp³-hybridized carbons (Fsp3) is 0.588. The van der Waals surface area contributed by atoms with Crippen LogP contribution in [0, 0.1) is 0 Å². The molecule has 1 aromatic rings. The number of carbonyl (C=O) groups excluding carboxylic acids is 1. The van der Waals surface area contributed by atoms with Crippen molar-refractivity contribution >= 4 is 18.6 Å². The second-order valence-corrected chi connectivity index (χ2v) is 5.68. The summed E-state index contributed by atoms with van der Waals surface area (Å²) in [5.74, 6) is -0.246. The topological polar surface area (TPSA) is 26.3 Å². The lowest BCUT2D eigenvalue weighted by Crippen LogP contribution is -2.06. The smallest absolute Gasteiger partial charge is 0.338 e. The molecule has 0 N–H and O–H groups in total. The third kappa shape index (κ3) is 7.59. The molecule has 20 heavy (non-hydrogen) atoms. The fourth-order valence-corrected chi connectivity index (χ4v) is 2.34. The Morgan fingerprint density at radius 3 is 2.35 bits per heavy atom. The second-order valence-electron chi connectivity index (χ2n) is 5.16. The summed E-state index contributed by atoms with van der Waals surface area (Å²) >= 11 is 4.21. The number of esters is 1. The van der Waals surface area contributed by atoms with E-state index in [4.69, 9.17) is 4.74 Å². The Balaban J connectivity index is 2.02. The quantitative estimate of drug-likeness (QED) is 0.361. The molecule has 1 aromatic carbocycles. The highest BCUT2D eigenvalue weighted by Crippen LogP contribution is 2.11. The Hall–Kier alpha value is -0.960. The van der Waals surface area contributed by atoms with Crippen LogP contribution in [0.25, 0.3) is 0 Å². The third-order valence-corrected chi connectivity index (χ3v) is 3.59. The molecule has 0 aliphatic heterocycles. The number of benzene rings is 1. The van der Waals surface area contributed by atoms with E-state index in [9.17, 15) is 4.79 Å². The first-order valence-electron chi connectivity index (χ1n) is 7.70. The number of thiol groups is 1. The van der Waals surface area contributed by atoms with E-state index >= 15 is 0 Å². The minimum absolute atomic E-state index is 0.246. The molecule has 0 amide bonds. The Labute approximate surface area is 128 Å². The predicted octanol–water partition coefficient (Wildman–Crippen LogP) is 5.27. The van der Waals surface area contributed by atoms with Gasteiger partial charge in [0.2, 0.25) is 0 Å². The van der Waals surface area contributed by atoms with Crippen LogP contribution in [0.1, 0.15) is 68.6 Å². The number of ether oxygens (including phenoxy) is 1. The van der Waals surface area contributed by atoms with E-state index < -0.39 is 0 Å². The standard InChI is InChI=1S/C17H26O2S/c1-2-3-4-5-6-7-8-9-13-19-17(18)15-11-10-12-16(20)14-15/h10-12,14,20H,2-9,13H2,1H3. The molecule has 2 nitrogen and oxygen atoms in total. The predicted molar refractivity (Wildman–Crippen MR) is 86.6 cm³/mol. The molecule has 0 spiro atoms. The summed E-state index contributed by atoms with van der Waals surface area (Å²) in [6.07, 6.45) is 9.98. The van der Waals surface area contributed by atoms with Crippen molar-refractivity contribution in [3.05, 3.63) is 29.8 Å². The van der Waals surface area contributed by atoms with Crippen molar-refractivity contribution in [2.24, 2.45) is 0 Å². The van der Waals surface area contributed by atoms with E-state index in [0.29, 0.717) is 12.2 Å². The molecule has 0 aromatic heterocycles. The number of hydrogen-bond acceptors (Lipinski definition) is 3. The van der Waals surface area contributed by atoms with Crippen LogP contribution in [0.4, 0.5) is 0 Å². The first-order chi connectivity index (χ1) is 9.74. The van der Waals surface area contributed by atoms with Crippen molar-refractivity contribution in [3.63, 3.8) is 0 Å². The van der Waals surface area contributed by atoms with Crippen LogP contribution in [0.5, 0.6) is 0 Å². The van der Waals surface area contributed by atoms with Gasteiger partial charge in [0.15, 0.2) is 0 Å². The van der Waals surface area contributed by atoms with Gasteiger partial charge in [0.05, 0.1) is 12.2 Å². The van der Waals surface area contributed by atoms with E-state index in [1.807, 2.05) is 12.1 Å². The van der Waals surface area contributed by atoms with Crippen molar-refractivity contribution in [1.82, 2.24) is 0 Å². The molecule has 0 aliphatic rings. The maximum absolute atomic E-state index is 11.7. The largest absolute Gasteiger partial charge is 0.462 e. The SMILES string of the molecule is CCCCCCCCCCOC(=O)c1cccc(S)c1. The Bertz CT molecular complexity index is 390. The third-order valence-electron chi connectivity index (χ3n) is 3.31. The number of hydrogen-bond donors (Lipinski definition) is 1. The summed E-state index contributed by atoms with van der Waals surface area (Å²) in [5, 5.41) is 0. The van der Waals surface area contributed by atoms with E-state index in [2.05, 4.69) is 19.6 Å². The Morgan fingerprint density at radius 1 is 1.05 bits per heavy atom. The molecule has 0 bridgehead atoms. The highest BCUT2D eigenvalue weighted by molar-refractivity contribution is 7.80. The number of carbonyl (C=O) groups is 1. The van der Waals surface area contributed by atoms with Crippen LogP contribution in [0.3, 0.4) is 0 Å². The Kier molecular flexibility index (Phi) is 9.22. The molecule has 0 atom stereocenters. The van der Waals surface area contributed by atoms with Crippen molar-refractivity contribution in [1.29, 1.82) is 0 Å². The lowest BCUT2D eigenvalue weighted by atomic mass is 10.1. The van der Waals surface area contributed by atoms with Gasteiger partial charge in [-0.25, -0.2) is 4.79 Å². The highest BCUT2D eigenvalue weighted by atomic mass is 32.1. The maximum Gasteiger partial charge on any atom is 0.338 e. The van der Waals surface area contributed by atoms with E-state index in [-0.39, 0.29) is 5.97 Å². The molecule has 0 radical (unpaired) electrons. The Morgan fingerprint density at radius 2 is 1.70 bits per heavy atom. The number of rotatable bonds is 10. The second kappa shape index (κ2) is 10.8. The van der Waals surface area contributed by atoms with Crippen LogP contribution < -0.4 is 0 Å². The zero-order valence-corrected chi connectivity index (χ0v) is 13.3. The molecule has 0 saturated heterocycles. The molecule has 0 aliphatic carbocycles.